The summed E-state index contributed by atoms with van der Waals surface area (Å²) in [6.45, 7) is 0. The van der Waals surface area contributed by atoms with E-state index in [0.29, 0.717) is 0 Å². The van der Waals surface area contributed by atoms with Crippen molar-refractivity contribution >= 4 is 24.3 Å². The van der Waals surface area contributed by atoms with Crippen LogP contribution in [-0.4, -0.2) is 12.2 Å². The Morgan fingerprint density at radius 3 is 1.50 bits per heavy atom. The van der Waals surface area contributed by atoms with Gasteiger partial charge in [0.1, 0.15) is 0 Å². The minimum absolute atomic E-state index is 0.912. The number of hydrogen-bond donors (Lipinski definition) is 0. The fourth-order valence-corrected chi connectivity index (χ4v) is 1.03. The second-order valence-electron chi connectivity index (χ2n) is 2.74. The second kappa shape index (κ2) is 6.85. The van der Waals surface area contributed by atoms with Crippen LogP contribution in [0.3, 0.4) is 0 Å². The zero-order valence-corrected chi connectivity index (χ0v) is 8.33. The molecule has 16 heavy (non-hydrogen) atoms. The molecule has 0 heterocycles. The van der Waals surface area contributed by atoms with Gasteiger partial charge in [-0.3, -0.25) is 0 Å². The molecule has 0 radical (unpaired) electrons. The van der Waals surface area contributed by atoms with Crippen molar-refractivity contribution < 1.29 is 9.59 Å². The van der Waals surface area contributed by atoms with Crippen LogP contribution in [0.5, 0.6) is 0 Å². The Bertz CT molecular complexity index is 441. The van der Waals surface area contributed by atoms with Crippen molar-refractivity contribution in [2.75, 3.05) is 0 Å². The fraction of sp³-hybridized carbons (Fsp3) is 0. The number of nitrogens with zero attached hydrogens (tertiary/aromatic N) is 2. The molecule has 1 aromatic rings. The van der Waals surface area contributed by atoms with Gasteiger partial charge >= 0.3 is 0 Å². The van der Waals surface area contributed by atoms with E-state index in [4.69, 9.17) is 0 Å². The summed E-state index contributed by atoms with van der Waals surface area (Å²) in [5.41, 5.74) is 1.82. The zero-order chi connectivity index (χ0) is 11.6. The molecular weight excluding hydrogens is 204 g/mol. The highest BCUT2D eigenvalue weighted by Gasteiger charge is 1.87. The van der Waals surface area contributed by atoms with Gasteiger partial charge in [0.2, 0.25) is 12.2 Å². The lowest BCUT2D eigenvalue weighted by atomic mass is 10.1. The van der Waals surface area contributed by atoms with Gasteiger partial charge in [-0.25, -0.2) is 9.59 Å². The summed E-state index contributed by atoms with van der Waals surface area (Å²) in [4.78, 5) is 26.2. The summed E-state index contributed by atoms with van der Waals surface area (Å²) >= 11 is 0. The number of benzene rings is 1. The molecule has 4 heteroatoms. The SMILES string of the molecule is O=C=N/C=C/c1ccc(/C=C/N=C=O)cc1. The molecule has 1 aromatic carbocycles. The molecular formula is C12H8N2O2. The molecule has 0 aliphatic rings. The number of aliphatic imine (C=N–C) groups is 2. The summed E-state index contributed by atoms with van der Waals surface area (Å²) in [6.07, 6.45) is 8.93. The minimum Gasteiger partial charge on any atom is -0.211 e. The van der Waals surface area contributed by atoms with Gasteiger partial charge in [-0.1, -0.05) is 24.3 Å². The first-order valence-corrected chi connectivity index (χ1v) is 4.44. The summed E-state index contributed by atoms with van der Waals surface area (Å²) in [6, 6.07) is 7.39. The van der Waals surface area contributed by atoms with Crippen molar-refractivity contribution in [1.82, 2.24) is 0 Å². The van der Waals surface area contributed by atoms with E-state index in [-0.39, 0.29) is 0 Å². The molecule has 0 aromatic heterocycles. The first kappa shape index (κ1) is 11.5. The molecule has 0 spiro atoms. The quantitative estimate of drug-likeness (QED) is 0.568. The number of isocyanates is 2. The third-order valence-corrected chi connectivity index (χ3v) is 1.72. The molecule has 0 fully saturated rings. The predicted molar refractivity (Wildman–Crippen MR) is 60.8 cm³/mol. The van der Waals surface area contributed by atoms with Crippen molar-refractivity contribution in [2.45, 2.75) is 0 Å². The number of rotatable bonds is 4. The summed E-state index contributed by atoms with van der Waals surface area (Å²) in [5, 5.41) is 0. The largest absolute Gasteiger partial charge is 0.239 e. The van der Waals surface area contributed by atoms with Crippen LogP contribution >= 0.6 is 0 Å². The smallest absolute Gasteiger partial charge is 0.211 e. The Morgan fingerprint density at radius 2 is 1.19 bits per heavy atom. The Balaban J connectivity index is 2.74. The van der Waals surface area contributed by atoms with Crippen LogP contribution in [-0.2, 0) is 9.59 Å². The lowest BCUT2D eigenvalue weighted by molar-refractivity contribution is 0.564. The van der Waals surface area contributed by atoms with Crippen LogP contribution in [0, 0.1) is 0 Å². The molecule has 0 atom stereocenters. The van der Waals surface area contributed by atoms with Crippen molar-refractivity contribution in [2.24, 2.45) is 9.98 Å². The highest BCUT2D eigenvalue weighted by atomic mass is 16.1. The highest BCUT2D eigenvalue weighted by molar-refractivity contribution is 5.56. The van der Waals surface area contributed by atoms with Crippen molar-refractivity contribution in [3.05, 3.63) is 47.8 Å². The van der Waals surface area contributed by atoms with E-state index >= 15 is 0 Å². The molecule has 0 aliphatic heterocycles. The Morgan fingerprint density at radius 1 is 0.812 bits per heavy atom. The second-order valence-corrected chi connectivity index (χ2v) is 2.74. The van der Waals surface area contributed by atoms with Crippen LogP contribution in [0.25, 0.3) is 12.2 Å². The van der Waals surface area contributed by atoms with Crippen molar-refractivity contribution in [3.8, 4) is 0 Å². The van der Waals surface area contributed by atoms with Crippen molar-refractivity contribution in [1.29, 1.82) is 0 Å². The molecule has 4 nitrogen and oxygen atoms in total. The Hall–Kier alpha value is -2.54. The zero-order valence-electron chi connectivity index (χ0n) is 8.33. The number of hydrogen-bond acceptors (Lipinski definition) is 4. The Labute approximate surface area is 92.4 Å². The van der Waals surface area contributed by atoms with E-state index in [1.807, 2.05) is 24.3 Å². The van der Waals surface area contributed by atoms with Crippen LogP contribution in [0.4, 0.5) is 0 Å². The highest BCUT2D eigenvalue weighted by Crippen LogP contribution is 2.07. The first-order chi connectivity index (χ1) is 7.86. The van der Waals surface area contributed by atoms with Gasteiger partial charge in [0.15, 0.2) is 0 Å². The van der Waals surface area contributed by atoms with Gasteiger partial charge in [0, 0.05) is 12.4 Å². The van der Waals surface area contributed by atoms with Gasteiger partial charge in [-0.2, -0.15) is 9.98 Å². The normalized spacial score (nSPS) is 10.0. The van der Waals surface area contributed by atoms with Crippen LogP contribution in [0.2, 0.25) is 0 Å². The lowest BCUT2D eigenvalue weighted by Gasteiger charge is -1.93. The van der Waals surface area contributed by atoms with Crippen LogP contribution in [0.1, 0.15) is 11.1 Å². The van der Waals surface area contributed by atoms with E-state index in [2.05, 4.69) is 9.98 Å². The van der Waals surface area contributed by atoms with E-state index in [1.54, 1.807) is 12.2 Å². The van der Waals surface area contributed by atoms with Crippen LogP contribution < -0.4 is 0 Å². The van der Waals surface area contributed by atoms with Gasteiger partial charge < -0.3 is 0 Å². The molecule has 0 aliphatic carbocycles. The number of carbonyl (C=O) groups excluding carboxylic acids is 2. The molecule has 0 amide bonds. The average molecular weight is 212 g/mol. The average Bonchev–Trinajstić information content (AvgIpc) is 2.32. The summed E-state index contributed by atoms with van der Waals surface area (Å²) in [7, 11) is 0. The minimum atomic E-state index is 0.912. The summed E-state index contributed by atoms with van der Waals surface area (Å²) < 4.78 is 0. The van der Waals surface area contributed by atoms with Crippen molar-refractivity contribution in [3.63, 3.8) is 0 Å². The van der Waals surface area contributed by atoms with Gasteiger partial charge in [0.25, 0.3) is 0 Å². The monoisotopic (exact) mass is 212 g/mol. The topological polar surface area (TPSA) is 58.9 Å². The third-order valence-electron chi connectivity index (χ3n) is 1.72. The molecule has 0 saturated heterocycles. The standard InChI is InChI=1S/C12H8N2O2/c15-9-13-7-5-11-1-2-12(4-3-11)6-8-14-10-16/h1-8H/b7-5+,8-6+. The van der Waals surface area contributed by atoms with E-state index < -0.39 is 0 Å². The maximum atomic E-state index is 9.80. The molecule has 0 N–H and O–H groups in total. The molecule has 1 rings (SSSR count). The molecule has 0 bridgehead atoms. The van der Waals surface area contributed by atoms with E-state index in [1.165, 1.54) is 24.6 Å². The van der Waals surface area contributed by atoms with E-state index in [0.717, 1.165) is 11.1 Å². The maximum Gasteiger partial charge on any atom is 0.239 e. The lowest BCUT2D eigenvalue weighted by Crippen LogP contribution is -1.73. The van der Waals surface area contributed by atoms with Gasteiger partial charge in [-0.05, 0) is 23.3 Å². The Kier molecular flexibility index (Phi) is 4.94. The molecule has 0 unspecified atom stereocenters. The third kappa shape index (κ3) is 4.11. The molecule has 0 saturated carbocycles. The molecule has 78 valence electrons. The first-order valence-electron chi connectivity index (χ1n) is 4.44. The van der Waals surface area contributed by atoms with Gasteiger partial charge in [0.05, 0.1) is 0 Å². The van der Waals surface area contributed by atoms with Gasteiger partial charge in [-0.15, -0.1) is 0 Å². The van der Waals surface area contributed by atoms with E-state index in [9.17, 15) is 9.59 Å². The van der Waals surface area contributed by atoms with Crippen LogP contribution in [0.15, 0.2) is 46.7 Å². The maximum absolute atomic E-state index is 9.80. The summed E-state index contributed by atoms with van der Waals surface area (Å²) in [5.74, 6) is 0. The predicted octanol–water partition coefficient (Wildman–Crippen LogP) is 2.30. The fourth-order valence-electron chi connectivity index (χ4n) is 1.03.